The summed E-state index contributed by atoms with van der Waals surface area (Å²) in [6, 6.07) is 0. The van der Waals surface area contributed by atoms with Gasteiger partial charge in [-0.25, -0.2) is 0 Å². The average molecular weight is 107 g/mol. The normalized spacial score (nSPS) is 17.6. The number of rotatable bonds is 0. The maximum atomic E-state index is 10.4. The molecule has 1 nitrogen and oxygen atoms in total. The van der Waals surface area contributed by atoms with Gasteiger partial charge in [-0.1, -0.05) is 0 Å². The standard InChI is InChI=1S/C7H7O/c1-6-2-4-7(8)5-3-6/h2-5H,1H3/q+1. The maximum Gasteiger partial charge on any atom is 0.284 e. The van der Waals surface area contributed by atoms with E-state index in [1.807, 2.05) is 19.1 Å². The van der Waals surface area contributed by atoms with Crippen molar-refractivity contribution in [1.82, 2.24) is 0 Å². The number of hydrogen-bond acceptors (Lipinski definition) is 1. The zero-order chi connectivity index (χ0) is 5.98. The van der Waals surface area contributed by atoms with Crippen molar-refractivity contribution in [2.24, 2.45) is 0 Å². The fourth-order valence-corrected chi connectivity index (χ4v) is 0.538. The quantitative estimate of drug-likeness (QED) is 0.426. The second-order valence-corrected chi connectivity index (χ2v) is 1.81. The van der Waals surface area contributed by atoms with Crippen LogP contribution in [0.5, 0.6) is 0 Å². The van der Waals surface area contributed by atoms with Crippen molar-refractivity contribution in [1.29, 1.82) is 0 Å². The van der Waals surface area contributed by atoms with Crippen LogP contribution in [0.2, 0.25) is 0 Å². The molecule has 1 heteroatoms. The van der Waals surface area contributed by atoms with Gasteiger partial charge in [0.15, 0.2) is 0 Å². The summed E-state index contributed by atoms with van der Waals surface area (Å²) in [6.45, 7) is 1.96. The molecule has 1 aliphatic carbocycles. The molecule has 0 radical (unpaired) electrons. The molecule has 0 amide bonds. The van der Waals surface area contributed by atoms with Crippen LogP contribution < -0.4 is 0 Å². The molecule has 0 fully saturated rings. The zero-order valence-corrected chi connectivity index (χ0v) is 4.72. The molecule has 0 aromatic rings. The Balaban J connectivity index is 2.71. The first-order chi connectivity index (χ1) is 3.79. The zero-order valence-electron chi connectivity index (χ0n) is 4.72. The highest BCUT2D eigenvalue weighted by molar-refractivity contribution is 6.00. The lowest BCUT2D eigenvalue weighted by Crippen LogP contribution is -1.94. The van der Waals surface area contributed by atoms with Crippen LogP contribution in [0.4, 0.5) is 0 Å². The predicted octanol–water partition coefficient (Wildman–Crippen LogP) is 1.28. The van der Waals surface area contributed by atoms with Gasteiger partial charge in [0.1, 0.15) is 0 Å². The van der Waals surface area contributed by atoms with E-state index < -0.39 is 0 Å². The van der Waals surface area contributed by atoms with E-state index in [9.17, 15) is 4.79 Å². The molecule has 0 atom stereocenters. The molecule has 8 heavy (non-hydrogen) atoms. The van der Waals surface area contributed by atoms with E-state index >= 15 is 0 Å². The van der Waals surface area contributed by atoms with Crippen molar-refractivity contribution in [3.05, 3.63) is 30.2 Å². The van der Waals surface area contributed by atoms with Gasteiger partial charge in [-0.05, 0) is 0 Å². The molecule has 0 unspecified atom stereocenters. The second-order valence-electron chi connectivity index (χ2n) is 1.81. The lowest BCUT2D eigenvalue weighted by molar-refractivity contribution is -0.111. The van der Waals surface area contributed by atoms with E-state index in [0.29, 0.717) is 0 Å². The lowest BCUT2D eigenvalue weighted by Gasteiger charge is -1.86. The Morgan fingerprint density at radius 2 is 2.25 bits per heavy atom. The van der Waals surface area contributed by atoms with Crippen LogP contribution in [-0.4, -0.2) is 5.78 Å². The lowest BCUT2D eigenvalue weighted by atomic mass is 10.1. The van der Waals surface area contributed by atoms with Gasteiger partial charge in [0, 0.05) is 12.5 Å². The van der Waals surface area contributed by atoms with E-state index in [4.69, 9.17) is 0 Å². The van der Waals surface area contributed by atoms with Gasteiger partial charge >= 0.3 is 0 Å². The summed E-state index contributed by atoms with van der Waals surface area (Å²) >= 11 is 0. The summed E-state index contributed by atoms with van der Waals surface area (Å²) in [4.78, 5) is 10.4. The van der Waals surface area contributed by atoms with Gasteiger partial charge in [-0.15, -0.1) is 0 Å². The minimum atomic E-state index is 0.0793. The number of hydrogen-bond donors (Lipinski definition) is 0. The number of ketones is 1. The van der Waals surface area contributed by atoms with E-state index in [-0.39, 0.29) is 5.78 Å². The number of allylic oxidation sites excluding steroid dienone is 4. The Kier molecular flexibility index (Phi) is 1.20. The Labute approximate surface area is 48.7 Å². The molecule has 0 saturated heterocycles. The Bertz CT molecular complexity index is 160. The molecule has 0 aliphatic heterocycles. The minimum Gasteiger partial charge on any atom is -0.258 e. The topological polar surface area (TPSA) is 17.1 Å². The van der Waals surface area contributed by atoms with Crippen LogP contribution in [0.25, 0.3) is 0 Å². The van der Waals surface area contributed by atoms with Crippen LogP contribution in [0.15, 0.2) is 23.8 Å². The Morgan fingerprint density at radius 3 is 2.62 bits per heavy atom. The van der Waals surface area contributed by atoms with Gasteiger partial charge in [-0.2, -0.15) is 0 Å². The summed E-state index contributed by atoms with van der Waals surface area (Å²) in [5.41, 5.74) is 1.13. The van der Waals surface area contributed by atoms with Crippen molar-refractivity contribution < 1.29 is 4.79 Å². The summed E-state index contributed by atoms with van der Waals surface area (Å²) in [6.07, 6.45) is 6.75. The highest BCUT2D eigenvalue weighted by atomic mass is 16.1. The molecule has 0 aromatic heterocycles. The Hall–Kier alpha value is -0.980. The van der Waals surface area contributed by atoms with Crippen LogP contribution in [0.1, 0.15) is 6.92 Å². The Morgan fingerprint density at radius 1 is 1.50 bits per heavy atom. The highest BCUT2D eigenvalue weighted by Crippen LogP contribution is 2.03. The van der Waals surface area contributed by atoms with Crippen molar-refractivity contribution in [2.75, 3.05) is 0 Å². The van der Waals surface area contributed by atoms with Crippen molar-refractivity contribution in [3.8, 4) is 0 Å². The molecule has 0 spiro atoms. The summed E-state index contributed by atoms with van der Waals surface area (Å²) in [7, 11) is 0. The largest absolute Gasteiger partial charge is 0.284 e. The summed E-state index contributed by atoms with van der Waals surface area (Å²) in [5.74, 6) is 0.0793. The monoisotopic (exact) mass is 107 g/mol. The molecule has 0 heterocycles. The van der Waals surface area contributed by atoms with Gasteiger partial charge in [0.25, 0.3) is 5.78 Å². The molecule has 40 valence electrons. The predicted molar refractivity (Wildman–Crippen MR) is 32.2 cm³/mol. The first-order valence-electron chi connectivity index (χ1n) is 2.53. The fraction of sp³-hybridized carbons (Fsp3) is 0.143. The third-order valence-electron chi connectivity index (χ3n) is 1.02. The van der Waals surface area contributed by atoms with Crippen molar-refractivity contribution in [3.63, 3.8) is 0 Å². The number of carbonyl (C=O) groups is 1. The van der Waals surface area contributed by atoms with Crippen LogP contribution in [-0.2, 0) is 4.79 Å². The molecule has 1 aliphatic rings. The molecular formula is C7H7O+. The summed E-state index contributed by atoms with van der Waals surface area (Å²) in [5, 5.41) is 0. The van der Waals surface area contributed by atoms with E-state index in [1.165, 1.54) is 0 Å². The smallest absolute Gasteiger partial charge is 0.258 e. The van der Waals surface area contributed by atoms with Crippen LogP contribution >= 0.6 is 0 Å². The third kappa shape index (κ3) is 0.997. The number of carbonyl (C=O) groups excluding carboxylic acids is 1. The fourth-order valence-electron chi connectivity index (χ4n) is 0.538. The first-order valence-corrected chi connectivity index (χ1v) is 2.53. The van der Waals surface area contributed by atoms with Crippen LogP contribution in [0, 0.1) is 6.42 Å². The first kappa shape index (κ1) is 5.16. The van der Waals surface area contributed by atoms with E-state index in [2.05, 4.69) is 0 Å². The maximum absolute atomic E-state index is 10.4. The van der Waals surface area contributed by atoms with E-state index in [1.54, 1.807) is 12.5 Å². The molecule has 1 rings (SSSR count). The van der Waals surface area contributed by atoms with Gasteiger partial charge in [0.2, 0.25) is 0 Å². The van der Waals surface area contributed by atoms with Crippen molar-refractivity contribution in [2.45, 2.75) is 6.92 Å². The third-order valence-corrected chi connectivity index (χ3v) is 1.02. The van der Waals surface area contributed by atoms with Gasteiger partial charge < -0.3 is 0 Å². The minimum absolute atomic E-state index is 0.0793. The van der Waals surface area contributed by atoms with Gasteiger partial charge in [-0.3, -0.25) is 4.79 Å². The SMILES string of the molecule is CC1=C[CH+]C(=O)C=C1. The molecular weight excluding hydrogens is 100 g/mol. The van der Waals surface area contributed by atoms with E-state index in [0.717, 1.165) is 5.57 Å². The molecule has 0 aromatic carbocycles. The van der Waals surface area contributed by atoms with Crippen LogP contribution in [0.3, 0.4) is 0 Å². The highest BCUT2D eigenvalue weighted by Gasteiger charge is 2.07. The summed E-state index contributed by atoms with van der Waals surface area (Å²) < 4.78 is 0. The van der Waals surface area contributed by atoms with Gasteiger partial charge in [0.05, 0.1) is 24.6 Å². The van der Waals surface area contributed by atoms with Crippen molar-refractivity contribution >= 4 is 5.78 Å². The average Bonchev–Trinajstić information content (AvgIpc) is 1.77. The molecule has 0 bridgehead atoms. The molecule has 0 N–H and O–H groups in total. The molecule has 0 saturated carbocycles. The second kappa shape index (κ2) is 1.86.